The zero-order valence-corrected chi connectivity index (χ0v) is 15.7. The number of rotatable bonds is 3. The quantitative estimate of drug-likeness (QED) is 0.536. The lowest BCUT2D eigenvalue weighted by molar-refractivity contribution is 0.388. The smallest absolute Gasteiger partial charge is 0.241 e. The topological polar surface area (TPSA) is 81.0 Å². The minimum atomic E-state index is -3.58. The van der Waals surface area contributed by atoms with Crippen LogP contribution in [0.5, 0.6) is 0 Å². The fraction of sp³-hybridized carbons (Fsp3) is 0.150. The van der Waals surface area contributed by atoms with Crippen LogP contribution in [0.2, 0.25) is 0 Å². The van der Waals surface area contributed by atoms with E-state index in [-0.39, 0.29) is 4.90 Å². The summed E-state index contributed by atoms with van der Waals surface area (Å²) >= 11 is 0. The molecule has 0 fully saturated rings. The van der Waals surface area contributed by atoms with Crippen LogP contribution in [0.4, 0.5) is 0 Å². The van der Waals surface area contributed by atoms with E-state index in [0.29, 0.717) is 25.2 Å². The van der Waals surface area contributed by atoms with Crippen molar-refractivity contribution in [3.8, 4) is 5.69 Å². The normalized spacial score (nSPS) is 14.9. The molecule has 0 spiro atoms. The van der Waals surface area contributed by atoms with Gasteiger partial charge in [-0.1, -0.05) is 0 Å². The Morgan fingerprint density at radius 1 is 1.00 bits per heavy atom. The first-order valence-electron chi connectivity index (χ1n) is 8.95. The number of sulfonamides is 1. The highest BCUT2D eigenvalue weighted by Gasteiger charge is 2.29. The molecule has 0 radical (unpaired) electrons. The van der Waals surface area contributed by atoms with Crippen molar-refractivity contribution in [3.63, 3.8) is 0 Å². The predicted molar refractivity (Wildman–Crippen MR) is 104 cm³/mol. The maximum absolute atomic E-state index is 13.1. The zero-order valence-electron chi connectivity index (χ0n) is 14.9. The van der Waals surface area contributed by atoms with Crippen LogP contribution in [0.15, 0.2) is 72.0 Å². The molecular weight excluding hydrogens is 374 g/mol. The molecular formula is C20H17N5O2S. The molecule has 5 rings (SSSR count). The zero-order chi connectivity index (χ0) is 19.1. The molecule has 0 N–H and O–H groups in total. The maximum atomic E-state index is 13.1. The first-order chi connectivity index (χ1) is 13.6. The standard InChI is InChI=1S/C20H17N5O2S/c26-28(27,18-6-4-17(5-7-18)25-11-2-10-22-25)24-12-8-19-16(14-24)13-15-3-1-9-21-20(15)23-19/h1-7,9-11,13H,8,12,14H2. The van der Waals surface area contributed by atoms with Gasteiger partial charge in [-0.15, -0.1) is 0 Å². The molecule has 0 aliphatic carbocycles. The van der Waals surface area contributed by atoms with Gasteiger partial charge in [-0.05, 0) is 54.1 Å². The lowest BCUT2D eigenvalue weighted by Gasteiger charge is -2.27. The van der Waals surface area contributed by atoms with Crippen molar-refractivity contribution in [1.82, 2.24) is 24.1 Å². The second-order valence-electron chi connectivity index (χ2n) is 6.68. The van der Waals surface area contributed by atoms with Crippen LogP contribution in [0.3, 0.4) is 0 Å². The van der Waals surface area contributed by atoms with E-state index in [4.69, 9.17) is 0 Å². The Kier molecular flexibility index (Phi) is 3.96. The summed E-state index contributed by atoms with van der Waals surface area (Å²) in [5, 5.41) is 5.08. The van der Waals surface area contributed by atoms with Gasteiger partial charge in [0.25, 0.3) is 0 Å². The van der Waals surface area contributed by atoms with E-state index in [1.54, 1.807) is 41.3 Å². The number of hydrogen-bond donors (Lipinski definition) is 0. The number of benzene rings is 1. The third-order valence-corrected chi connectivity index (χ3v) is 6.81. The van der Waals surface area contributed by atoms with Crippen LogP contribution < -0.4 is 0 Å². The second kappa shape index (κ2) is 6.50. The second-order valence-corrected chi connectivity index (χ2v) is 8.62. The summed E-state index contributed by atoms with van der Waals surface area (Å²) in [6.07, 6.45) is 5.79. The molecule has 1 aliphatic rings. The Morgan fingerprint density at radius 2 is 1.86 bits per heavy atom. The first kappa shape index (κ1) is 17.0. The fourth-order valence-corrected chi connectivity index (χ4v) is 4.90. The fourth-order valence-electron chi connectivity index (χ4n) is 3.49. The molecule has 7 nitrogen and oxygen atoms in total. The third kappa shape index (κ3) is 2.87. The molecule has 0 saturated heterocycles. The lowest BCUT2D eigenvalue weighted by atomic mass is 10.1. The summed E-state index contributed by atoms with van der Waals surface area (Å²) in [7, 11) is -3.58. The summed E-state index contributed by atoms with van der Waals surface area (Å²) in [5.41, 5.74) is 3.37. The van der Waals surface area contributed by atoms with Crippen molar-refractivity contribution < 1.29 is 8.42 Å². The van der Waals surface area contributed by atoms with E-state index in [0.717, 1.165) is 22.3 Å². The Hall–Kier alpha value is -3.10. The molecule has 3 aromatic heterocycles. The highest BCUT2D eigenvalue weighted by atomic mass is 32.2. The molecule has 4 aromatic rings. The Bertz CT molecular complexity index is 1250. The molecule has 8 heteroatoms. The summed E-state index contributed by atoms with van der Waals surface area (Å²) in [6, 6.07) is 14.4. The van der Waals surface area contributed by atoms with Gasteiger partial charge in [0.15, 0.2) is 5.65 Å². The van der Waals surface area contributed by atoms with Gasteiger partial charge in [-0.25, -0.2) is 23.1 Å². The Labute approximate surface area is 162 Å². The van der Waals surface area contributed by atoms with E-state index < -0.39 is 10.0 Å². The van der Waals surface area contributed by atoms with Crippen LogP contribution >= 0.6 is 0 Å². The summed E-state index contributed by atoms with van der Waals surface area (Å²) in [4.78, 5) is 9.17. The first-order valence-corrected chi connectivity index (χ1v) is 10.4. The number of fused-ring (bicyclic) bond motifs is 2. The van der Waals surface area contributed by atoms with Crippen molar-refractivity contribution in [3.05, 3.63) is 78.4 Å². The Balaban J connectivity index is 1.45. The molecule has 0 saturated carbocycles. The van der Waals surface area contributed by atoms with Crippen LogP contribution in [0.1, 0.15) is 11.3 Å². The molecule has 140 valence electrons. The van der Waals surface area contributed by atoms with E-state index in [2.05, 4.69) is 15.1 Å². The summed E-state index contributed by atoms with van der Waals surface area (Å²) in [6.45, 7) is 0.720. The van der Waals surface area contributed by atoms with E-state index >= 15 is 0 Å². The van der Waals surface area contributed by atoms with Crippen molar-refractivity contribution in [2.45, 2.75) is 17.9 Å². The highest BCUT2D eigenvalue weighted by molar-refractivity contribution is 7.89. The molecule has 1 aromatic carbocycles. The van der Waals surface area contributed by atoms with Crippen LogP contribution in [0.25, 0.3) is 16.7 Å². The third-order valence-electron chi connectivity index (χ3n) is 4.95. The molecule has 0 bridgehead atoms. The summed E-state index contributed by atoms with van der Waals surface area (Å²) < 4.78 is 29.5. The highest BCUT2D eigenvalue weighted by Crippen LogP contribution is 2.26. The van der Waals surface area contributed by atoms with Crippen molar-refractivity contribution in [1.29, 1.82) is 0 Å². The average Bonchev–Trinajstić information content (AvgIpc) is 3.27. The molecule has 0 amide bonds. The lowest BCUT2D eigenvalue weighted by Crippen LogP contribution is -2.36. The van der Waals surface area contributed by atoms with Crippen LogP contribution in [-0.2, 0) is 23.0 Å². The molecule has 4 heterocycles. The van der Waals surface area contributed by atoms with E-state index in [1.165, 1.54) is 4.31 Å². The van der Waals surface area contributed by atoms with Gasteiger partial charge >= 0.3 is 0 Å². The minimum absolute atomic E-state index is 0.280. The predicted octanol–water partition coefficient (Wildman–Crippen LogP) is 2.56. The van der Waals surface area contributed by atoms with Gasteiger partial charge < -0.3 is 0 Å². The number of aromatic nitrogens is 4. The summed E-state index contributed by atoms with van der Waals surface area (Å²) in [5.74, 6) is 0. The van der Waals surface area contributed by atoms with E-state index in [9.17, 15) is 8.42 Å². The van der Waals surface area contributed by atoms with Crippen molar-refractivity contribution >= 4 is 21.1 Å². The van der Waals surface area contributed by atoms with Gasteiger partial charge in [0.05, 0.1) is 10.6 Å². The van der Waals surface area contributed by atoms with Crippen molar-refractivity contribution in [2.75, 3.05) is 6.54 Å². The van der Waals surface area contributed by atoms with E-state index in [1.807, 2.05) is 30.5 Å². The molecule has 0 atom stereocenters. The maximum Gasteiger partial charge on any atom is 0.243 e. The van der Waals surface area contributed by atoms with Gasteiger partial charge in [0.2, 0.25) is 10.0 Å². The average molecular weight is 391 g/mol. The number of pyridine rings is 2. The SMILES string of the molecule is O=S(=O)(c1ccc(-n2cccn2)cc1)N1CCc2nc3ncccc3cc2C1. The minimum Gasteiger partial charge on any atom is -0.241 e. The largest absolute Gasteiger partial charge is 0.243 e. The molecule has 0 unspecified atom stereocenters. The number of hydrogen-bond acceptors (Lipinski definition) is 5. The van der Waals surface area contributed by atoms with Crippen molar-refractivity contribution in [2.24, 2.45) is 0 Å². The van der Waals surface area contributed by atoms with Crippen LogP contribution in [-0.4, -0.2) is 39.0 Å². The molecule has 28 heavy (non-hydrogen) atoms. The van der Waals surface area contributed by atoms with Gasteiger partial charge in [0, 0.05) is 49.2 Å². The molecule has 1 aliphatic heterocycles. The number of nitrogens with zero attached hydrogens (tertiary/aromatic N) is 5. The van der Waals surface area contributed by atoms with Gasteiger partial charge in [-0.3, -0.25) is 0 Å². The van der Waals surface area contributed by atoms with Gasteiger partial charge in [-0.2, -0.15) is 9.40 Å². The monoisotopic (exact) mass is 391 g/mol. The van der Waals surface area contributed by atoms with Crippen LogP contribution in [0, 0.1) is 0 Å². The van der Waals surface area contributed by atoms with Gasteiger partial charge in [0.1, 0.15) is 0 Å². The Morgan fingerprint density at radius 3 is 2.64 bits per heavy atom.